The fourth-order valence-corrected chi connectivity index (χ4v) is 15.6. The van der Waals surface area contributed by atoms with Crippen LogP contribution in [0.1, 0.15) is 213 Å². The highest BCUT2D eigenvalue weighted by Gasteiger charge is 2.49. The third-order valence-corrected chi connectivity index (χ3v) is 21.0. The zero-order valence-corrected chi connectivity index (χ0v) is 49.0. The van der Waals surface area contributed by atoms with Crippen LogP contribution in [0.5, 0.6) is 0 Å². The van der Waals surface area contributed by atoms with E-state index in [0.717, 1.165) is 0 Å². The summed E-state index contributed by atoms with van der Waals surface area (Å²) >= 11 is 1.98. The quantitative estimate of drug-likeness (QED) is 0.159. The molecule has 2 aliphatic heterocycles. The summed E-state index contributed by atoms with van der Waals surface area (Å²) < 4.78 is 2.74. The van der Waals surface area contributed by atoms with Crippen LogP contribution in [-0.2, 0) is 43.3 Å². The number of aryl methyl sites for hydroxylation is 1. The third kappa shape index (κ3) is 7.20. The fourth-order valence-electron chi connectivity index (χ4n) is 14.5. The van der Waals surface area contributed by atoms with Crippen molar-refractivity contribution in [2.24, 2.45) is 0 Å². The van der Waals surface area contributed by atoms with Gasteiger partial charge in [0.25, 0.3) is 6.71 Å². The zero-order valence-electron chi connectivity index (χ0n) is 48.2. The first kappa shape index (κ1) is 49.1. The van der Waals surface area contributed by atoms with E-state index in [2.05, 4.69) is 226 Å². The highest BCUT2D eigenvalue weighted by Crippen LogP contribution is 2.56. The molecule has 6 aromatic carbocycles. The van der Waals surface area contributed by atoms with E-state index in [4.69, 9.17) is 0 Å². The Labute approximate surface area is 444 Å². The molecule has 0 fully saturated rings. The van der Waals surface area contributed by atoms with Gasteiger partial charge in [-0.2, -0.15) is 0 Å². The summed E-state index contributed by atoms with van der Waals surface area (Å²) in [5.74, 6) is 0. The van der Waals surface area contributed by atoms with Crippen LogP contribution >= 0.6 is 11.3 Å². The molecule has 3 aliphatic carbocycles. The lowest BCUT2D eigenvalue weighted by molar-refractivity contribution is 0.332. The molecule has 7 aromatic rings. The number of hydrogen-bond acceptors (Lipinski definition) is 3. The minimum Gasteiger partial charge on any atom is -0.311 e. The van der Waals surface area contributed by atoms with Gasteiger partial charge < -0.3 is 9.80 Å². The molecule has 5 aliphatic rings. The Morgan fingerprint density at radius 3 is 1.48 bits per heavy atom. The predicted molar refractivity (Wildman–Crippen MR) is 321 cm³/mol. The molecule has 0 bridgehead atoms. The average molecular weight is 983 g/mol. The van der Waals surface area contributed by atoms with E-state index in [1.807, 2.05) is 11.3 Å². The van der Waals surface area contributed by atoms with Crippen molar-refractivity contribution < 1.29 is 0 Å². The first-order valence-corrected chi connectivity index (χ1v) is 28.9. The van der Waals surface area contributed by atoms with Gasteiger partial charge in [-0.3, -0.25) is 0 Å². The van der Waals surface area contributed by atoms with E-state index in [1.165, 1.54) is 159 Å². The first-order chi connectivity index (χ1) is 33.8. The zero-order chi connectivity index (χ0) is 52.3. The summed E-state index contributed by atoms with van der Waals surface area (Å²) in [4.78, 5) is 5.57. The lowest BCUT2D eigenvalue weighted by Crippen LogP contribution is -2.62. The summed E-state index contributed by atoms with van der Waals surface area (Å²) in [7, 11) is 0. The average Bonchev–Trinajstić information content (AvgIpc) is 3.68. The van der Waals surface area contributed by atoms with Crippen molar-refractivity contribution in [3.8, 4) is 0 Å². The lowest BCUT2D eigenvalue weighted by atomic mass is 9.33. The van der Waals surface area contributed by atoms with E-state index < -0.39 is 0 Å². The highest BCUT2D eigenvalue weighted by molar-refractivity contribution is 7.26. The Kier molecular flexibility index (Phi) is 10.2. The minimum atomic E-state index is -0.121. The van der Waals surface area contributed by atoms with Gasteiger partial charge in [0.2, 0.25) is 0 Å². The largest absolute Gasteiger partial charge is 0.311 e. The van der Waals surface area contributed by atoms with E-state index in [0.29, 0.717) is 0 Å². The summed E-state index contributed by atoms with van der Waals surface area (Å²) in [6.45, 7) is 46.7. The molecule has 0 atom stereocenters. The number of anilines is 6. The number of nitrogens with zero attached hydrogens (tertiary/aromatic N) is 2. The molecule has 0 saturated carbocycles. The predicted octanol–water partition coefficient (Wildman–Crippen LogP) is 18.1. The van der Waals surface area contributed by atoms with Crippen molar-refractivity contribution in [2.45, 2.75) is 213 Å². The van der Waals surface area contributed by atoms with Crippen molar-refractivity contribution in [2.75, 3.05) is 9.80 Å². The van der Waals surface area contributed by atoms with Gasteiger partial charge in [-0.1, -0.05) is 161 Å². The highest BCUT2D eigenvalue weighted by atomic mass is 32.1. The topological polar surface area (TPSA) is 6.48 Å². The van der Waals surface area contributed by atoms with E-state index >= 15 is 0 Å². The van der Waals surface area contributed by atoms with Crippen LogP contribution in [0, 0.1) is 6.92 Å². The lowest BCUT2D eigenvalue weighted by Gasteiger charge is -2.49. The van der Waals surface area contributed by atoms with Gasteiger partial charge in [0.15, 0.2) is 0 Å². The molecular weight excluding hydrogens is 900 g/mol. The standard InChI is InChI=1S/C69H83BN2S/c1-40-32-46-49(68(16,17)30-28-65(46,10)11)38-53(40)72-56-34-42(63(5,6)7)33-55-60(56)70(51-24-25-57-59(61(51)72)44-22-20-41(62(2,3)4)35-58(44)73-57)52-37-48-50(69(18,19)31-29-67(48,14)15)39-54(52)71(55)43-21-23-45-47(36-43)66(12,13)27-26-64(45,8)9/h20-25,32-39H,26-31H2,1-19H3. The van der Waals surface area contributed by atoms with Crippen LogP contribution < -0.4 is 26.2 Å². The molecule has 0 spiro atoms. The van der Waals surface area contributed by atoms with Crippen molar-refractivity contribution in [1.29, 1.82) is 0 Å². The maximum Gasteiger partial charge on any atom is 0.252 e. The Hall–Kier alpha value is -4.80. The van der Waals surface area contributed by atoms with Gasteiger partial charge in [0, 0.05) is 48.6 Å². The molecule has 378 valence electrons. The van der Waals surface area contributed by atoms with Crippen molar-refractivity contribution in [1.82, 2.24) is 0 Å². The molecule has 0 radical (unpaired) electrons. The van der Waals surface area contributed by atoms with Crippen molar-refractivity contribution in [3.63, 3.8) is 0 Å². The van der Waals surface area contributed by atoms with Crippen LogP contribution in [-0.4, -0.2) is 6.71 Å². The van der Waals surface area contributed by atoms with E-state index in [9.17, 15) is 0 Å². The van der Waals surface area contributed by atoms with Gasteiger partial charge in [0.1, 0.15) is 0 Å². The fraction of sp³-hybridized carbons (Fsp3) is 0.478. The number of fused-ring (bicyclic) bond motifs is 11. The molecule has 0 saturated heterocycles. The van der Waals surface area contributed by atoms with Crippen molar-refractivity contribution >= 4 is 88.7 Å². The molecule has 73 heavy (non-hydrogen) atoms. The second-order valence-electron chi connectivity index (χ2n) is 29.9. The van der Waals surface area contributed by atoms with Gasteiger partial charge in [0.05, 0.1) is 5.69 Å². The van der Waals surface area contributed by atoms with E-state index in [-0.39, 0.29) is 50.0 Å². The summed E-state index contributed by atoms with van der Waals surface area (Å²) in [6, 6.07) is 36.1. The smallest absolute Gasteiger partial charge is 0.252 e. The SMILES string of the molecule is Cc1cc2c(cc1N1c3cc(C(C)(C)C)cc4c3B(c3cc5c(cc3N4c3ccc4c(c3)C(C)(C)CCC4(C)C)C(C)(C)CCC5(C)C)c3ccc4sc5cc(C(C)(C)C)ccc5c4c31)C(C)(C)CCC2(C)C. The van der Waals surface area contributed by atoms with Crippen LogP contribution in [0.25, 0.3) is 20.2 Å². The first-order valence-electron chi connectivity index (χ1n) is 28.1. The second-order valence-corrected chi connectivity index (χ2v) is 31.0. The molecular formula is C69H83BN2S. The molecule has 0 amide bonds. The Morgan fingerprint density at radius 1 is 0.425 bits per heavy atom. The van der Waals surface area contributed by atoms with Crippen LogP contribution in [0.2, 0.25) is 0 Å². The Morgan fingerprint density at radius 2 is 0.918 bits per heavy atom. The van der Waals surface area contributed by atoms with Crippen LogP contribution in [0.15, 0.2) is 84.9 Å². The minimum absolute atomic E-state index is 0.0252. The molecule has 2 nitrogen and oxygen atoms in total. The third-order valence-electron chi connectivity index (χ3n) is 19.9. The van der Waals surface area contributed by atoms with Gasteiger partial charge in [-0.15, -0.1) is 11.3 Å². The normalized spacial score (nSPS) is 20.5. The molecule has 1 aromatic heterocycles. The van der Waals surface area contributed by atoms with Crippen LogP contribution in [0.4, 0.5) is 34.1 Å². The number of thiophene rings is 1. The van der Waals surface area contributed by atoms with Gasteiger partial charge in [-0.25, -0.2) is 0 Å². The monoisotopic (exact) mass is 983 g/mol. The summed E-state index contributed by atoms with van der Waals surface area (Å²) in [6.07, 6.45) is 7.12. The second kappa shape index (κ2) is 15.2. The molecule has 3 heterocycles. The number of benzene rings is 6. The van der Waals surface area contributed by atoms with Crippen LogP contribution in [0.3, 0.4) is 0 Å². The molecule has 0 N–H and O–H groups in total. The maximum atomic E-state index is 2.81. The number of hydrogen-bond donors (Lipinski definition) is 0. The summed E-state index contributed by atoms with van der Waals surface area (Å²) in [5, 5.41) is 2.76. The van der Waals surface area contributed by atoms with Gasteiger partial charge >= 0.3 is 0 Å². The van der Waals surface area contributed by atoms with Gasteiger partial charge in [-0.05, 0) is 204 Å². The molecule has 4 heteroatoms. The van der Waals surface area contributed by atoms with Crippen molar-refractivity contribution in [3.05, 3.63) is 135 Å². The van der Waals surface area contributed by atoms with E-state index in [1.54, 1.807) is 0 Å². The molecule has 12 rings (SSSR count). The Bertz CT molecular complexity index is 3520. The molecule has 0 unspecified atom stereocenters. The maximum absolute atomic E-state index is 2.81. The number of rotatable bonds is 2. The Balaban J connectivity index is 1.26. The summed E-state index contributed by atoms with van der Waals surface area (Å²) in [5.41, 5.74) is 25.9.